The number of benzene rings is 2. The lowest BCUT2D eigenvalue weighted by Gasteiger charge is -2.35. The summed E-state index contributed by atoms with van der Waals surface area (Å²) in [5, 5.41) is 3.26. The molecular weight excluding hydrogens is 292 g/mol. The van der Waals surface area contributed by atoms with Crippen molar-refractivity contribution in [2.24, 2.45) is 0 Å². The third-order valence-electron chi connectivity index (χ3n) is 4.04. The maximum absolute atomic E-state index is 12.9. The average molecular weight is 308 g/mol. The van der Waals surface area contributed by atoms with Crippen LogP contribution in [0.4, 0.5) is 16.2 Å². The first kappa shape index (κ1) is 13.3. The van der Waals surface area contributed by atoms with Crippen molar-refractivity contribution in [1.29, 1.82) is 0 Å². The number of urea groups is 1. The predicted molar refractivity (Wildman–Crippen MR) is 93.0 cm³/mol. The van der Waals surface area contributed by atoms with E-state index in [0.717, 1.165) is 36.3 Å². The molecule has 2 amide bonds. The zero-order valence-electron chi connectivity index (χ0n) is 12.1. The van der Waals surface area contributed by atoms with Crippen LogP contribution in [0.3, 0.4) is 0 Å². The van der Waals surface area contributed by atoms with E-state index in [9.17, 15) is 4.79 Å². The number of anilines is 2. The van der Waals surface area contributed by atoms with Crippen molar-refractivity contribution in [3.8, 4) is 0 Å². The molecule has 4 rings (SSSR count). The Morgan fingerprint density at radius 2 is 1.59 bits per heavy atom. The Hall–Kier alpha value is -2.33. The van der Waals surface area contributed by atoms with Crippen LogP contribution in [-0.4, -0.2) is 19.1 Å². The molecular formula is C18H16N2OS. The summed E-state index contributed by atoms with van der Waals surface area (Å²) in [6.45, 7) is 1.56. The first-order valence-electron chi connectivity index (χ1n) is 7.45. The van der Waals surface area contributed by atoms with Gasteiger partial charge in [-0.15, -0.1) is 11.3 Å². The topological polar surface area (TPSA) is 23.6 Å². The van der Waals surface area contributed by atoms with E-state index in [1.165, 1.54) is 4.70 Å². The third kappa shape index (κ3) is 2.16. The molecule has 0 saturated carbocycles. The van der Waals surface area contributed by atoms with Gasteiger partial charge in [0.2, 0.25) is 0 Å². The molecule has 0 N–H and O–H groups in total. The van der Waals surface area contributed by atoms with Crippen LogP contribution in [0.1, 0.15) is 6.42 Å². The zero-order chi connectivity index (χ0) is 14.9. The first-order valence-corrected chi connectivity index (χ1v) is 8.33. The van der Waals surface area contributed by atoms with Gasteiger partial charge in [0.1, 0.15) is 0 Å². The van der Waals surface area contributed by atoms with E-state index in [1.807, 2.05) is 52.3 Å². The van der Waals surface area contributed by atoms with Crippen LogP contribution in [-0.2, 0) is 0 Å². The van der Waals surface area contributed by atoms with Crippen LogP contribution in [0, 0.1) is 0 Å². The second-order valence-electron chi connectivity index (χ2n) is 5.39. The van der Waals surface area contributed by atoms with Crippen LogP contribution in [0.25, 0.3) is 10.1 Å². The quantitative estimate of drug-likeness (QED) is 0.671. The molecule has 2 heterocycles. The molecule has 3 aromatic rings. The fourth-order valence-corrected chi connectivity index (χ4v) is 3.92. The van der Waals surface area contributed by atoms with E-state index < -0.39 is 0 Å². The van der Waals surface area contributed by atoms with Gasteiger partial charge in [0, 0.05) is 34.2 Å². The molecule has 0 bridgehead atoms. The van der Waals surface area contributed by atoms with Crippen LogP contribution < -0.4 is 9.80 Å². The van der Waals surface area contributed by atoms with E-state index in [4.69, 9.17) is 0 Å². The van der Waals surface area contributed by atoms with Gasteiger partial charge in [-0.2, -0.15) is 0 Å². The molecule has 0 radical (unpaired) electrons. The Kier molecular flexibility index (Phi) is 3.31. The number of nitrogens with zero attached hydrogens (tertiary/aromatic N) is 2. The summed E-state index contributed by atoms with van der Waals surface area (Å²) in [4.78, 5) is 16.7. The maximum Gasteiger partial charge on any atom is 0.328 e. The number of hydrogen-bond acceptors (Lipinski definition) is 2. The summed E-state index contributed by atoms with van der Waals surface area (Å²) in [6, 6.07) is 18.2. The van der Waals surface area contributed by atoms with E-state index in [1.54, 1.807) is 11.3 Å². The Morgan fingerprint density at radius 3 is 2.45 bits per heavy atom. The largest absolute Gasteiger partial charge is 0.328 e. The number of para-hydroxylation sites is 1. The van der Waals surface area contributed by atoms with Gasteiger partial charge in [-0.25, -0.2) is 4.79 Å². The molecule has 2 aromatic carbocycles. The number of carbonyl (C=O) groups excluding carboxylic acids is 1. The summed E-state index contributed by atoms with van der Waals surface area (Å²) in [5.74, 6) is 0. The molecule has 0 atom stereocenters. The summed E-state index contributed by atoms with van der Waals surface area (Å²) < 4.78 is 1.22. The van der Waals surface area contributed by atoms with Gasteiger partial charge in [0.15, 0.2) is 0 Å². The van der Waals surface area contributed by atoms with Gasteiger partial charge < -0.3 is 0 Å². The number of carbonyl (C=O) groups is 1. The lowest BCUT2D eigenvalue weighted by Crippen LogP contribution is -2.49. The van der Waals surface area contributed by atoms with Gasteiger partial charge in [0.25, 0.3) is 0 Å². The molecule has 1 saturated heterocycles. The van der Waals surface area contributed by atoms with Gasteiger partial charge in [-0.05, 0) is 24.6 Å². The number of hydrogen-bond donors (Lipinski definition) is 0. The highest BCUT2D eigenvalue weighted by Crippen LogP contribution is 2.35. The highest BCUT2D eigenvalue weighted by Gasteiger charge is 2.29. The summed E-state index contributed by atoms with van der Waals surface area (Å²) in [6.07, 6.45) is 0.977. The Morgan fingerprint density at radius 1 is 0.864 bits per heavy atom. The fraction of sp³-hybridized carbons (Fsp3) is 0.167. The molecule has 1 aromatic heterocycles. The molecule has 1 aliphatic rings. The van der Waals surface area contributed by atoms with E-state index in [2.05, 4.69) is 17.5 Å². The van der Waals surface area contributed by atoms with Crippen molar-refractivity contribution in [3.05, 3.63) is 60.0 Å². The number of rotatable bonds is 2. The molecule has 1 aliphatic heterocycles. The number of fused-ring (bicyclic) bond motifs is 1. The second-order valence-corrected chi connectivity index (χ2v) is 6.30. The number of amides is 2. The van der Waals surface area contributed by atoms with E-state index in [0.29, 0.717) is 0 Å². The van der Waals surface area contributed by atoms with Crippen molar-refractivity contribution in [2.75, 3.05) is 22.9 Å². The molecule has 4 heteroatoms. The smallest absolute Gasteiger partial charge is 0.294 e. The highest BCUT2D eigenvalue weighted by atomic mass is 32.1. The monoisotopic (exact) mass is 308 g/mol. The van der Waals surface area contributed by atoms with Gasteiger partial charge in [0.05, 0.1) is 5.69 Å². The highest BCUT2D eigenvalue weighted by molar-refractivity contribution is 7.17. The third-order valence-corrected chi connectivity index (χ3v) is 5.00. The van der Waals surface area contributed by atoms with Crippen LogP contribution in [0.15, 0.2) is 60.0 Å². The maximum atomic E-state index is 12.9. The fourth-order valence-electron chi connectivity index (χ4n) is 2.97. The minimum Gasteiger partial charge on any atom is -0.294 e. The van der Waals surface area contributed by atoms with Crippen LogP contribution >= 0.6 is 11.3 Å². The summed E-state index contributed by atoms with van der Waals surface area (Å²) in [5.41, 5.74) is 2.00. The average Bonchev–Trinajstić information content (AvgIpc) is 3.00. The Balaban J connectivity index is 1.72. The minimum absolute atomic E-state index is 0.0704. The minimum atomic E-state index is 0.0704. The summed E-state index contributed by atoms with van der Waals surface area (Å²) >= 11 is 1.69. The lowest BCUT2D eigenvalue weighted by atomic mass is 10.2. The summed E-state index contributed by atoms with van der Waals surface area (Å²) in [7, 11) is 0. The van der Waals surface area contributed by atoms with Crippen molar-refractivity contribution >= 4 is 38.8 Å². The van der Waals surface area contributed by atoms with Crippen LogP contribution in [0.2, 0.25) is 0 Å². The lowest BCUT2D eigenvalue weighted by molar-refractivity contribution is 0.249. The second kappa shape index (κ2) is 5.46. The van der Waals surface area contributed by atoms with Gasteiger partial charge >= 0.3 is 6.03 Å². The molecule has 0 spiro atoms. The molecule has 1 fully saturated rings. The standard InChI is InChI=1S/C18H16N2OS/c21-18-19(14-7-2-1-3-8-14)11-6-12-20(18)16-13-22-17-10-5-4-9-15(16)17/h1-5,7-10,13H,6,11-12H2. The van der Waals surface area contributed by atoms with Gasteiger partial charge in [-0.1, -0.05) is 36.4 Å². The first-order chi connectivity index (χ1) is 10.8. The Labute approximate surface area is 133 Å². The van der Waals surface area contributed by atoms with E-state index in [-0.39, 0.29) is 6.03 Å². The molecule has 22 heavy (non-hydrogen) atoms. The van der Waals surface area contributed by atoms with Crippen molar-refractivity contribution in [2.45, 2.75) is 6.42 Å². The molecule has 3 nitrogen and oxygen atoms in total. The van der Waals surface area contributed by atoms with Crippen molar-refractivity contribution < 1.29 is 4.79 Å². The normalized spacial score (nSPS) is 15.5. The molecule has 0 aliphatic carbocycles. The van der Waals surface area contributed by atoms with E-state index >= 15 is 0 Å². The molecule has 0 unspecified atom stereocenters. The molecule has 110 valence electrons. The SMILES string of the molecule is O=C1N(c2ccccc2)CCCN1c1csc2ccccc12. The van der Waals surface area contributed by atoms with Crippen LogP contribution in [0.5, 0.6) is 0 Å². The zero-order valence-corrected chi connectivity index (χ0v) is 12.9. The van der Waals surface area contributed by atoms with Crippen molar-refractivity contribution in [1.82, 2.24) is 0 Å². The number of thiophene rings is 1. The van der Waals surface area contributed by atoms with Gasteiger partial charge in [-0.3, -0.25) is 9.80 Å². The predicted octanol–water partition coefficient (Wildman–Crippen LogP) is 4.74. The van der Waals surface area contributed by atoms with Crippen molar-refractivity contribution in [3.63, 3.8) is 0 Å². The Bertz CT molecular complexity index is 812.